The number of benzene rings is 1. The minimum absolute atomic E-state index is 0.273. The fraction of sp³-hybridized carbons (Fsp3) is 0.632. The van der Waals surface area contributed by atoms with Gasteiger partial charge in [0.25, 0.3) is 0 Å². The highest BCUT2D eigenvalue weighted by Crippen LogP contribution is 2.32. The topological polar surface area (TPSA) is 52.6 Å². The Labute approximate surface area is 169 Å². The van der Waals surface area contributed by atoms with Crippen molar-refractivity contribution in [2.45, 2.75) is 12.7 Å². The molecule has 1 aromatic rings. The highest BCUT2D eigenvalue weighted by atomic mass is 19.4. The molecule has 0 amide bonds. The molecule has 0 aliphatic carbocycles. The molecular weight excluding hydrogens is 387 g/mol. The molecule has 1 fully saturated rings. The van der Waals surface area contributed by atoms with Crippen LogP contribution in [0.2, 0.25) is 0 Å². The molecule has 0 atom stereocenters. The Kier molecular flexibility index (Phi) is 7.07. The van der Waals surface area contributed by atoms with Crippen LogP contribution in [0, 0.1) is 0 Å². The van der Waals surface area contributed by atoms with Crippen LogP contribution in [0.5, 0.6) is 11.5 Å². The van der Waals surface area contributed by atoms with Gasteiger partial charge in [0, 0.05) is 52.9 Å². The van der Waals surface area contributed by atoms with Crippen LogP contribution in [0.1, 0.15) is 5.56 Å². The number of nitrogens with zero attached hydrogens (tertiary/aromatic N) is 4. The Balaban J connectivity index is 1.40. The second kappa shape index (κ2) is 9.53. The first-order valence-electron chi connectivity index (χ1n) is 9.66. The Bertz CT molecular complexity index is 706. The fourth-order valence-corrected chi connectivity index (χ4v) is 3.49. The lowest BCUT2D eigenvalue weighted by atomic mass is 10.1. The maximum Gasteiger partial charge on any atom is 0.401 e. The van der Waals surface area contributed by atoms with E-state index in [1.165, 1.54) is 17.5 Å². The molecule has 1 N–H and O–H groups in total. The summed E-state index contributed by atoms with van der Waals surface area (Å²) in [5.41, 5.74) is 1.18. The second-order valence-electron chi connectivity index (χ2n) is 7.28. The van der Waals surface area contributed by atoms with Crippen LogP contribution < -0.4 is 14.8 Å². The van der Waals surface area contributed by atoms with E-state index in [0.717, 1.165) is 50.2 Å². The molecule has 2 aliphatic rings. The van der Waals surface area contributed by atoms with E-state index in [-0.39, 0.29) is 6.79 Å². The molecule has 3 rings (SSSR count). The number of nitrogens with one attached hydrogen (secondary N) is 1. The van der Waals surface area contributed by atoms with Gasteiger partial charge in [-0.05, 0) is 24.7 Å². The lowest BCUT2D eigenvalue weighted by Crippen LogP contribution is -2.53. The van der Waals surface area contributed by atoms with Gasteiger partial charge in [-0.15, -0.1) is 0 Å². The Morgan fingerprint density at radius 3 is 2.59 bits per heavy atom. The van der Waals surface area contributed by atoms with Gasteiger partial charge in [-0.3, -0.25) is 14.8 Å². The number of halogens is 3. The number of piperazine rings is 1. The highest BCUT2D eigenvalue weighted by Gasteiger charge is 2.29. The van der Waals surface area contributed by atoms with Gasteiger partial charge in [-0.1, -0.05) is 6.07 Å². The van der Waals surface area contributed by atoms with Crippen LogP contribution in [-0.2, 0) is 6.54 Å². The van der Waals surface area contributed by atoms with Gasteiger partial charge < -0.3 is 19.7 Å². The largest absolute Gasteiger partial charge is 0.454 e. The smallest absolute Gasteiger partial charge is 0.401 e. The van der Waals surface area contributed by atoms with E-state index in [2.05, 4.69) is 26.2 Å². The normalized spacial score (nSPS) is 17.9. The molecule has 29 heavy (non-hydrogen) atoms. The van der Waals surface area contributed by atoms with Gasteiger partial charge in [0.05, 0.1) is 6.54 Å². The molecule has 1 saturated heterocycles. The van der Waals surface area contributed by atoms with Crippen molar-refractivity contribution in [1.29, 1.82) is 0 Å². The van der Waals surface area contributed by atoms with Crippen molar-refractivity contribution in [3.63, 3.8) is 0 Å². The minimum atomic E-state index is -4.18. The van der Waals surface area contributed by atoms with E-state index in [9.17, 15) is 13.2 Å². The van der Waals surface area contributed by atoms with Gasteiger partial charge in [-0.2, -0.15) is 13.2 Å². The summed E-state index contributed by atoms with van der Waals surface area (Å²) in [6.45, 7) is 4.27. The summed E-state index contributed by atoms with van der Waals surface area (Å²) >= 11 is 0. The molecular formula is C19H28F3N5O2. The number of ether oxygens (including phenoxy) is 2. The number of likely N-dealkylation sites (N-methyl/N-ethyl adjacent to an activating group) is 1. The SMILES string of the molecule is CN=C(NCCN(C)CC(F)(F)F)N1CCN(Cc2ccc3c(c2)OCO3)CC1. The standard InChI is InChI=1S/C19H28F3N5O2/c1-23-18(24-5-6-25(2)13-19(20,21)22)27-9-7-26(8-10-27)12-15-3-4-16-17(11-15)29-14-28-16/h3-4,11H,5-10,12-14H2,1-2H3,(H,23,24). The van der Waals surface area contributed by atoms with Gasteiger partial charge >= 0.3 is 6.18 Å². The molecule has 0 spiro atoms. The van der Waals surface area contributed by atoms with Gasteiger partial charge in [0.1, 0.15) is 0 Å². The van der Waals surface area contributed by atoms with Gasteiger partial charge in [0.2, 0.25) is 6.79 Å². The zero-order valence-electron chi connectivity index (χ0n) is 16.8. The molecule has 0 saturated carbocycles. The first kappa shape index (κ1) is 21.5. The third kappa shape index (κ3) is 6.40. The van der Waals surface area contributed by atoms with Crippen LogP contribution >= 0.6 is 0 Å². The molecule has 0 aromatic heterocycles. The Hall–Kier alpha value is -2.20. The Morgan fingerprint density at radius 1 is 1.17 bits per heavy atom. The summed E-state index contributed by atoms with van der Waals surface area (Å²) in [5.74, 6) is 2.31. The van der Waals surface area contributed by atoms with Crippen molar-refractivity contribution < 1.29 is 22.6 Å². The molecule has 2 aliphatic heterocycles. The Morgan fingerprint density at radius 2 is 1.90 bits per heavy atom. The number of rotatable bonds is 6. The van der Waals surface area contributed by atoms with Crippen molar-refractivity contribution in [1.82, 2.24) is 20.0 Å². The van der Waals surface area contributed by atoms with Gasteiger partial charge in [0.15, 0.2) is 17.5 Å². The fourth-order valence-electron chi connectivity index (χ4n) is 3.49. The number of alkyl halides is 3. The zero-order valence-corrected chi connectivity index (χ0v) is 16.8. The third-order valence-corrected chi connectivity index (χ3v) is 4.95. The average molecular weight is 415 g/mol. The average Bonchev–Trinajstić information content (AvgIpc) is 3.12. The number of hydrogen-bond acceptors (Lipinski definition) is 5. The monoisotopic (exact) mass is 415 g/mol. The van der Waals surface area contributed by atoms with E-state index < -0.39 is 12.7 Å². The molecule has 1 aromatic carbocycles. The number of hydrogen-bond donors (Lipinski definition) is 1. The minimum Gasteiger partial charge on any atom is -0.454 e. The van der Waals surface area contributed by atoms with Crippen LogP contribution in [-0.4, -0.2) is 93.5 Å². The lowest BCUT2D eigenvalue weighted by Gasteiger charge is -2.36. The summed E-state index contributed by atoms with van der Waals surface area (Å²) in [6.07, 6.45) is -4.18. The van der Waals surface area contributed by atoms with Crippen LogP contribution in [0.4, 0.5) is 13.2 Å². The molecule has 162 valence electrons. The molecule has 0 radical (unpaired) electrons. The lowest BCUT2D eigenvalue weighted by molar-refractivity contribution is -0.142. The first-order chi connectivity index (χ1) is 13.8. The maximum absolute atomic E-state index is 12.4. The van der Waals surface area contributed by atoms with Gasteiger partial charge in [-0.25, -0.2) is 0 Å². The summed E-state index contributed by atoms with van der Waals surface area (Å²) in [4.78, 5) is 10.0. The molecule has 0 unspecified atom stereocenters. The van der Waals surface area contributed by atoms with Crippen LogP contribution in [0.15, 0.2) is 23.2 Å². The number of fused-ring (bicyclic) bond motifs is 1. The van der Waals surface area contributed by atoms with E-state index >= 15 is 0 Å². The van der Waals surface area contributed by atoms with Crippen LogP contribution in [0.3, 0.4) is 0 Å². The summed E-state index contributed by atoms with van der Waals surface area (Å²) in [5, 5.41) is 3.17. The summed E-state index contributed by atoms with van der Waals surface area (Å²) in [6, 6.07) is 6.01. The van der Waals surface area contributed by atoms with Crippen molar-refractivity contribution in [3.05, 3.63) is 23.8 Å². The molecule has 10 heteroatoms. The number of aliphatic imine (C=N–C) groups is 1. The maximum atomic E-state index is 12.4. The van der Waals surface area contributed by atoms with E-state index in [1.807, 2.05) is 12.1 Å². The highest BCUT2D eigenvalue weighted by molar-refractivity contribution is 5.80. The first-order valence-corrected chi connectivity index (χ1v) is 9.66. The number of guanidine groups is 1. The van der Waals surface area contributed by atoms with E-state index in [4.69, 9.17) is 9.47 Å². The predicted octanol–water partition coefficient (Wildman–Crippen LogP) is 1.60. The molecule has 0 bridgehead atoms. The van der Waals surface area contributed by atoms with Crippen molar-refractivity contribution in [2.24, 2.45) is 4.99 Å². The van der Waals surface area contributed by atoms with Crippen molar-refractivity contribution in [3.8, 4) is 11.5 Å². The zero-order chi connectivity index (χ0) is 20.9. The summed E-state index contributed by atoms with van der Waals surface area (Å²) in [7, 11) is 3.16. The quantitative estimate of drug-likeness (QED) is 0.563. The predicted molar refractivity (Wildman–Crippen MR) is 104 cm³/mol. The van der Waals surface area contributed by atoms with Crippen molar-refractivity contribution >= 4 is 5.96 Å². The van der Waals surface area contributed by atoms with E-state index in [0.29, 0.717) is 13.1 Å². The van der Waals surface area contributed by atoms with E-state index in [1.54, 1.807) is 7.05 Å². The summed E-state index contributed by atoms with van der Waals surface area (Å²) < 4.78 is 48.0. The molecule has 2 heterocycles. The second-order valence-corrected chi connectivity index (χ2v) is 7.28. The third-order valence-electron chi connectivity index (χ3n) is 4.95. The van der Waals surface area contributed by atoms with Crippen LogP contribution in [0.25, 0.3) is 0 Å². The van der Waals surface area contributed by atoms with Crippen molar-refractivity contribution in [2.75, 3.05) is 66.7 Å². The molecule has 7 nitrogen and oxygen atoms in total.